The van der Waals surface area contributed by atoms with E-state index in [0.717, 1.165) is 20.9 Å². The van der Waals surface area contributed by atoms with Gasteiger partial charge in [0.2, 0.25) is 11.0 Å². The van der Waals surface area contributed by atoms with Gasteiger partial charge in [0, 0.05) is 30.6 Å². The lowest BCUT2D eigenvalue weighted by Crippen LogP contribution is -2.47. The van der Waals surface area contributed by atoms with Crippen molar-refractivity contribution in [3.05, 3.63) is 52.7 Å². The maximum Gasteiger partial charge on any atom is 0.435 e. The second-order valence-corrected chi connectivity index (χ2v) is 10.4. The summed E-state index contributed by atoms with van der Waals surface area (Å²) in [5.74, 6) is -0.813. The zero-order chi connectivity index (χ0) is 29.8. The lowest BCUT2D eigenvalue weighted by atomic mass is 10.2. The van der Waals surface area contributed by atoms with Crippen molar-refractivity contribution < 1.29 is 37.0 Å². The van der Waals surface area contributed by atoms with Crippen LogP contribution in [0.1, 0.15) is 49.4 Å². The lowest BCUT2D eigenvalue weighted by Gasteiger charge is -2.23. The molecule has 0 aliphatic carbocycles. The number of alkyl halides is 3. The Morgan fingerprint density at radius 2 is 1.85 bits per heavy atom. The molecule has 0 saturated carbocycles. The molecule has 1 unspecified atom stereocenters. The molecule has 0 aliphatic rings. The zero-order valence-electron chi connectivity index (χ0n) is 22.6. The molecule has 0 fully saturated rings. The van der Waals surface area contributed by atoms with Gasteiger partial charge >= 0.3 is 12.3 Å². The molecule has 11 nitrogen and oxygen atoms in total. The molecule has 3 rings (SSSR count). The minimum atomic E-state index is -4.82. The number of para-hydroxylation sites is 1. The maximum atomic E-state index is 13.5. The summed E-state index contributed by atoms with van der Waals surface area (Å²) in [6.07, 6.45) is -5.61. The lowest BCUT2D eigenvalue weighted by molar-refractivity contribution is -0.141. The van der Waals surface area contributed by atoms with Crippen molar-refractivity contribution in [3.63, 3.8) is 0 Å². The fourth-order valence-electron chi connectivity index (χ4n) is 3.40. The number of benzene rings is 1. The van der Waals surface area contributed by atoms with E-state index in [1.807, 2.05) is 0 Å². The molecule has 2 N–H and O–H groups in total. The molecule has 1 aromatic carbocycles. The molecule has 0 spiro atoms. The highest BCUT2D eigenvalue weighted by Crippen LogP contribution is 2.31. The van der Waals surface area contributed by atoms with E-state index < -0.39 is 47.1 Å². The van der Waals surface area contributed by atoms with Crippen LogP contribution in [0.5, 0.6) is 5.75 Å². The molecule has 3 amide bonds. The number of carbonyl (C=O) groups is 3. The highest BCUT2D eigenvalue weighted by atomic mass is 32.1. The fourth-order valence-corrected chi connectivity index (χ4v) is 4.21. The van der Waals surface area contributed by atoms with Crippen LogP contribution in [0.2, 0.25) is 0 Å². The predicted molar refractivity (Wildman–Crippen MR) is 141 cm³/mol. The Hall–Kier alpha value is -4.14. The minimum Gasteiger partial charge on any atom is -0.496 e. The Morgan fingerprint density at radius 1 is 1.18 bits per heavy atom. The average Bonchev–Trinajstić information content (AvgIpc) is 3.53. The standard InChI is InChI=1S/C25H29F3N6O5S/c1-14(30-23(37)39-24(2,3)4)21(36)33(5)19-13-40-22(31-19)34-16(11-18(32-34)25(26,27)28)20(35)29-12-15-9-7-8-10-17(15)38-6/h7-11,13-14H,12H2,1-6H3,(H,29,35)(H,30,37). The van der Waals surface area contributed by atoms with Gasteiger partial charge in [-0.25, -0.2) is 9.78 Å². The van der Waals surface area contributed by atoms with Crippen LogP contribution in [0.15, 0.2) is 35.7 Å². The summed E-state index contributed by atoms with van der Waals surface area (Å²) in [5, 5.41) is 9.90. The second-order valence-electron chi connectivity index (χ2n) is 9.57. The van der Waals surface area contributed by atoms with E-state index in [2.05, 4.69) is 20.7 Å². The molecule has 40 heavy (non-hydrogen) atoms. The number of thiazole rings is 1. The van der Waals surface area contributed by atoms with Crippen LogP contribution in [0, 0.1) is 0 Å². The van der Waals surface area contributed by atoms with Crippen LogP contribution in [0.3, 0.4) is 0 Å². The number of amides is 3. The van der Waals surface area contributed by atoms with Crippen molar-refractivity contribution in [1.82, 2.24) is 25.4 Å². The van der Waals surface area contributed by atoms with Gasteiger partial charge in [-0.15, -0.1) is 11.3 Å². The van der Waals surface area contributed by atoms with Gasteiger partial charge in [-0.3, -0.25) is 14.5 Å². The van der Waals surface area contributed by atoms with Gasteiger partial charge in [-0.05, 0) is 33.8 Å². The maximum absolute atomic E-state index is 13.5. The van der Waals surface area contributed by atoms with Crippen LogP contribution in [-0.4, -0.2) is 58.5 Å². The number of hydrogen-bond acceptors (Lipinski definition) is 8. The molecular weight excluding hydrogens is 553 g/mol. The van der Waals surface area contributed by atoms with Crippen LogP contribution in [-0.2, 0) is 22.3 Å². The monoisotopic (exact) mass is 582 g/mol. The quantitative estimate of drug-likeness (QED) is 0.408. The smallest absolute Gasteiger partial charge is 0.435 e. The summed E-state index contributed by atoms with van der Waals surface area (Å²) < 4.78 is 51.7. The van der Waals surface area contributed by atoms with Crippen LogP contribution >= 0.6 is 11.3 Å². The Kier molecular flexibility index (Phi) is 9.07. The molecule has 0 aliphatic heterocycles. The van der Waals surface area contributed by atoms with Crippen molar-refractivity contribution in [3.8, 4) is 10.9 Å². The Bertz CT molecular complexity index is 1380. The van der Waals surface area contributed by atoms with E-state index in [-0.39, 0.29) is 17.5 Å². The van der Waals surface area contributed by atoms with Gasteiger partial charge in [-0.2, -0.15) is 23.0 Å². The van der Waals surface area contributed by atoms with Gasteiger partial charge in [0.15, 0.2) is 5.69 Å². The number of nitrogens with zero attached hydrogens (tertiary/aromatic N) is 4. The minimum absolute atomic E-state index is 0.0156. The molecule has 0 saturated heterocycles. The summed E-state index contributed by atoms with van der Waals surface area (Å²) in [6, 6.07) is 6.49. The second kappa shape index (κ2) is 11.9. The topological polar surface area (TPSA) is 128 Å². The number of likely N-dealkylation sites (N-methyl/N-ethyl adjacent to an activating group) is 1. The summed E-state index contributed by atoms with van der Waals surface area (Å²) in [7, 11) is 2.85. The van der Waals surface area contributed by atoms with Crippen LogP contribution in [0.4, 0.5) is 23.8 Å². The first-order valence-corrected chi connectivity index (χ1v) is 12.8. The highest BCUT2D eigenvalue weighted by Gasteiger charge is 2.37. The SMILES string of the molecule is COc1ccccc1CNC(=O)c1cc(C(F)(F)F)nn1-c1nc(N(C)C(=O)C(C)NC(=O)OC(C)(C)C)cs1. The predicted octanol–water partition coefficient (Wildman–Crippen LogP) is 4.16. The molecule has 216 valence electrons. The first-order chi connectivity index (χ1) is 18.6. The van der Waals surface area contributed by atoms with E-state index in [1.165, 1.54) is 26.5 Å². The summed E-state index contributed by atoms with van der Waals surface area (Å²) in [5.41, 5.74) is -1.84. The number of ether oxygens (including phenoxy) is 2. The average molecular weight is 583 g/mol. The number of nitrogens with one attached hydrogen (secondary N) is 2. The van der Waals surface area contributed by atoms with E-state index >= 15 is 0 Å². The van der Waals surface area contributed by atoms with E-state index in [0.29, 0.717) is 17.4 Å². The van der Waals surface area contributed by atoms with Crippen molar-refractivity contribution >= 4 is 35.1 Å². The molecule has 1 atom stereocenters. The number of anilines is 1. The first kappa shape index (κ1) is 30.4. The number of alkyl carbamates (subject to hydrolysis) is 1. The molecule has 0 radical (unpaired) electrons. The molecule has 2 heterocycles. The van der Waals surface area contributed by atoms with Gasteiger partial charge in [0.05, 0.1) is 7.11 Å². The van der Waals surface area contributed by atoms with E-state index in [4.69, 9.17) is 9.47 Å². The van der Waals surface area contributed by atoms with Crippen LogP contribution < -0.4 is 20.3 Å². The number of carbonyl (C=O) groups excluding carboxylic acids is 3. The highest BCUT2D eigenvalue weighted by molar-refractivity contribution is 7.12. The van der Waals surface area contributed by atoms with E-state index in [1.54, 1.807) is 45.0 Å². The first-order valence-electron chi connectivity index (χ1n) is 11.9. The molecule has 15 heteroatoms. The summed E-state index contributed by atoms with van der Waals surface area (Å²) in [4.78, 5) is 43.2. The fraction of sp³-hybridized carbons (Fsp3) is 0.400. The third-order valence-electron chi connectivity index (χ3n) is 5.30. The van der Waals surface area contributed by atoms with Crippen LogP contribution in [0.25, 0.3) is 5.13 Å². The number of methoxy groups -OCH3 is 1. The van der Waals surface area contributed by atoms with Crippen molar-refractivity contribution in [2.75, 3.05) is 19.1 Å². The Morgan fingerprint density at radius 3 is 2.48 bits per heavy atom. The van der Waals surface area contributed by atoms with Gasteiger partial charge in [0.25, 0.3) is 5.91 Å². The number of aromatic nitrogens is 3. The molecule has 3 aromatic rings. The largest absolute Gasteiger partial charge is 0.496 e. The van der Waals surface area contributed by atoms with Gasteiger partial charge in [0.1, 0.15) is 28.9 Å². The number of hydrogen-bond donors (Lipinski definition) is 2. The van der Waals surface area contributed by atoms with Crippen molar-refractivity contribution in [2.45, 2.75) is 52.1 Å². The summed E-state index contributed by atoms with van der Waals surface area (Å²) >= 11 is 0.874. The Labute approximate surface area is 232 Å². The normalized spacial score (nSPS) is 12.4. The molecule has 2 aromatic heterocycles. The molecule has 0 bridgehead atoms. The third kappa shape index (κ3) is 7.49. The van der Waals surface area contributed by atoms with Gasteiger partial charge < -0.3 is 20.1 Å². The zero-order valence-corrected chi connectivity index (χ0v) is 23.4. The molecular formula is C25H29F3N6O5S. The van der Waals surface area contributed by atoms with E-state index in [9.17, 15) is 27.6 Å². The van der Waals surface area contributed by atoms with Crippen molar-refractivity contribution in [2.24, 2.45) is 0 Å². The number of halogens is 3. The van der Waals surface area contributed by atoms with Gasteiger partial charge in [-0.1, -0.05) is 18.2 Å². The van der Waals surface area contributed by atoms with Crippen molar-refractivity contribution in [1.29, 1.82) is 0 Å². The number of rotatable bonds is 8. The summed E-state index contributed by atoms with van der Waals surface area (Å²) in [6.45, 7) is 6.46. The third-order valence-corrected chi connectivity index (χ3v) is 6.11. The Balaban J connectivity index is 1.82.